The molecular formula is C16H20ClNO3. The molecule has 2 N–H and O–H groups in total. The van der Waals surface area contributed by atoms with Crippen molar-refractivity contribution in [3.63, 3.8) is 0 Å². The molecule has 4 nitrogen and oxygen atoms in total. The van der Waals surface area contributed by atoms with Gasteiger partial charge in [0, 0.05) is 11.4 Å². The van der Waals surface area contributed by atoms with Crippen molar-refractivity contribution in [1.29, 1.82) is 0 Å². The van der Waals surface area contributed by atoms with E-state index in [2.05, 4.69) is 5.32 Å². The summed E-state index contributed by atoms with van der Waals surface area (Å²) in [7, 11) is 0. The van der Waals surface area contributed by atoms with Crippen molar-refractivity contribution < 1.29 is 14.7 Å². The van der Waals surface area contributed by atoms with Gasteiger partial charge < -0.3 is 10.4 Å². The monoisotopic (exact) mass is 309 g/mol. The standard InChI is InChI=1S/C16H20ClNO3/c1-10(8-11-2-6-13(17)7-3-11)9-14(19)18-15(16(20)21)12-4-5-12/h2-3,6-7,10,12,15H,4-5,8-9H2,1H3,(H,18,19)(H,20,21). The number of hydrogen-bond acceptors (Lipinski definition) is 2. The molecule has 0 bridgehead atoms. The number of nitrogens with one attached hydrogen (secondary N) is 1. The van der Waals surface area contributed by atoms with Crippen molar-refractivity contribution in [2.75, 3.05) is 0 Å². The van der Waals surface area contributed by atoms with Crippen molar-refractivity contribution in [2.24, 2.45) is 11.8 Å². The normalized spacial score (nSPS) is 17.0. The van der Waals surface area contributed by atoms with E-state index in [9.17, 15) is 9.59 Å². The van der Waals surface area contributed by atoms with E-state index in [0.717, 1.165) is 24.8 Å². The molecule has 1 saturated carbocycles. The third-order valence-electron chi connectivity index (χ3n) is 3.71. The third-order valence-corrected chi connectivity index (χ3v) is 3.96. The SMILES string of the molecule is CC(CC(=O)NC(C(=O)O)C1CC1)Cc1ccc(Cl)cc1. The van der Waals surface area contributed by atoms with Gasteiger partial charge in [-0.05, 0) is 48.8 Å². The Bertz CT molecular complexity index is 511. The van der Waals surface area contributed by atoms with Gasteiger partial charge in [-0.15, -0.1) is 0 Å². The van der Waals surface area contributed by atoms with Crippen LogP contribution in [0.1, 0.15) is 31.7 Å². The lowest BCUT2D eigenvalue weighted by atomic mass is 9.97. The Morgan fingerprint density at radius 3 is 2.48 bits per heavy atom. The number of amides is 1. The van der Waals surface area contributed by atoms with Gasteiger partial charge in [0.05, 0.1) is 0 Å². The highest BCUT2D eigenvalue weighted by Crippen LogP contribution is 2.32. The van der Waals surface area contributed by atoms with E-state index < -0.39 is 12.0 Å². The second-order valence-electron chi connectivity index (χ2n) is 5.86. The van der Waals surface area contributed by atoms with Crippen LogP contribution in [0.3, 0.4) is 0 Å². The van der Waals surface area contributed by atoms with Crippen LogP contribution in [0.15, 0.2) is 24.3 Å². The van der Waals surface area contributed by atoms with E-state index >= 15 is 0 Å². The van der Waals surface area contributed by atoms with Crippen molar-refractivity contribution >= 4 is 23.5 Å². The van der Waals surface area contributed by atoms with Gasteiger partial charge in [0.25, 0.3) is 0 Å². The lowest BCUT2D eigenvalue weighted by Crippen LogP contribution is -2.42. The number of benzene rings is 1. The first-order valence-electron chi connectivity index (χ1n) is 7.22. The summed E-state index contributed by atoms with van der Waals surface area (Å²) in [6.45, 7) is 1.99. The van der Waals surface area contributed by atoms with E-state index in [4.69, 9.17) is 16.7 Å². The lowest BCUT2D eigenvalue weighted by molar-refractivity contribution is -0.142. The number of hydrogen-bond donors (Lipinski definition) is 2. The molecule has 0 spiro atoms. The van der Waals surface area contributed by atoms with Crippen LogP contribution in [-0.4, -0.2) is 23.0 Å². The van der Waals surface area contributed by atoms with Crippen LogP contribution < -0.4 is 5.32 Å². The molecule has 1 fully saturated rings. The first-order chi connectivity index (χ1) is 9.95. The molecule has 2 atom stereocenters. The third kappa shape index (κ3) is 5.05. The molecule has 2 rings (SSSR count). The zero-order valence-corrected chi connectivity index (χ0v) is 12.8. The fourth-order valence-corrected chi connectivity index (χ4v) is 2.58. The summed E-state index contributed by atoms with van der Waals surface area (Å²) < 4.78 is 0. The Hall–Kier alpha value is -1.55. The average molecular weight is 310 g/mol. The summed E-state index contributed by atoms with van der Waals surface area (Å²) in [6, 6.07) is 6.83. The van der Waals surface area contributed by atoms with E-state index in [1.54, 1.807) is 0 Å². The number of carbonyl (C=O) groups excluding carboxylic acids is 1. The van der Waals surface area contributed by atoms with E-state index in [0.29, 0.717) is 11.4 Å². The molecule has 0 heterocycles. The Balaban J connectivity index is 1.81. The molecule has 1 aliphatic carbocycles. The number of carbonyl (C=O) groups is 2. The highest BCUT2D eigenvalue weighted by Gasteiger charge is 2.37. The Labute approximate surface area is 129 Å². The fraction of sp³-hybridized carbons (Fsp3) is 0.500. The molecular weight excluding hydrogens is 290 g/mol. The maximum Gasteiger partial charge on any atom is 0.326 e. The summed E-state index contributed by atoms with van der Waals surface area (Å²) in [4.78, 5) is 23.0. The molecule has 21 heavy (non-hydrogen) atoms. The highest BCUT2D eigenvalue weighted by molar-refractivity contribution is 6.30. The topological polar surface area (TPSA) is 66.4 Å². The van der Waals surface area contributed by atoms with Gasteiger partial charge in [-0.25, -0.2) is 4.79 Å². The molecule has 114 valence electrons. The van der Waals surface area contributed by atoms with Gasteiger partial charge in [0.15, 0.2) is 0 Å². The summed E-state index contributed by atoms with van der Waals surface area (Å²) in [5, 5.41) is 12.4. The van der Waals surface area contributed by atoms with E-state index in [1.807, 2.05) is 31.2 Å². The van der Waals surface area contributed by atoms with Gasteiger partial charge >= 0.3 is 5.97 Å². The van der Waals surface area contributed by atoms with Crippen molar-refractivity contribution in [3.8, 4) is 0 Å². The van der Waals surface area contributed by atoms with Crippen LogP contribution in [0.4, 0.5) is 0 Å². The maximum atomic E-state index is 11.9. The molecule has 0 saturated heterocycles. The van der Waals surface area contributed by atoms with Crippen LogP contribution in [0.5, 0.6) is 0 Å². The molecule has 1 aromatic rings. The zero-order valence-electron chi connectivity index (χ0n) is 12.0. The summed E-state index contributed by atoms with van der Waals surface area (Å²) in [6.07, 6.45) is 2.88. The van der Waals surface area contributed by atoms with Crippen LogP contribution in [0, 0.1) is 11.8 Å². The second kappa shape index (κ2) is 6.94. The molecule has 0 radical (unpaired) electrons. The smallest absolute Gasteiger partial charge is 0.326 e. The second-order valence-corrected chi connectivity index (χ2v) is 6.30. The first kappa shape index (κ1) is 15.8. The number of halogens is 1. The minimum atomic E-state index is -0.934. The van der Waals surface area contributed by atoms with Gasteiger partial charge in [-0.2, -0.15) is 0 Å². The number of aliphatic carboxylic acids is 1. The van der Waals surface area contributed by atoms with Gasteiger partial charge in [-0.3, -0.25) is 4.79 Å². The summed E-state index contributed by atoms with van der Waals surface area (Å²) >= 11 is 5.84. The number of carboxylic acid groups (broad SMARTS) is 1. The molecule has 1 aromatic carbocycles. The molecule has 0 aromatic heterocycles. The minimum absolute atomic E-state index is 0.109. The molecule has 2 unspecified atom stereocenters. The Kier molecular flexibility index (Phi) is 5.23. The fourth-order valence-electron chi connectivity index (χ4n) is 2.45. The quantitative estimate of drug-likeness (QED) is 0.814. The van der Waals surface area contributed by atoms with Crippen LogP contribution in [0.2, 0.25) is 5.02 Å². The molecule has 1 aliphatic rings. The van der Waals surface area contributed by atoms with Crippen molar-refractivity contribution in [2.45, 2.75) is 38.6 Å². The molecule has 1 amide bonds. The van der Waals surface area contributed by atoms with E-state index in [-0.39, 0.29) is 17.7 Å². The predicted octanol–water partition coefficient (Wildman–Crippen LogP) is 2.89. The van der Waals surface area contributed by atoms with Gasteiger partial charge in [-0.1, -0.05) is 30.7 Å². The van der Waals surface area contributed by atoms with Crippen LogP contribution in [-0.2, 0) is 16.0 Å². The number of rotatable bonds is 7. The lowest BCUT2D eigenvalue weighted by Gasteiger charge is -2.16. The molecule has 5 heteroatoms. The molecule has 0 aliphatic heterocycles. The Morgan fingerprint density at radius 2 is 1.95 bits per heavy atom. The van der Waals surface area contributed by atoms with Crippen molar-refractivity contribution in [3.05, 3.63) is 34.9 Å². The maximum absolute atomic E-state index is 11.9. The van der Waals surface area contributed by atoms with Crippen molar-refractivity contribution in [1.82, 2.24) is 5.32 Å². The summed E-state index contributed by atoms with van der Waals surface area (Å²) in [5.41, 5.74) is 1.12. The highest BCUT2D eigenvalue weighted by atomic mass is 35.5. The van der Waals surface area contributed by atoms with Gasteiger partial charge in [0.2, 0.25) is 5.91 Å². The van der Waals surface area contributed by atoms with Crippen LogP contribution in [0.25, 0.3) is 0 Å². The van der Waals surface area contributed by atoms with Gasteiger partial charge in [0.1, 0.15) is 6.04 Å². The summed E-state index contributed by atoms with van der Waals surface area (Å²) in [5.74, 6) is -0.857. The first-order valence-corrected chi connectivity index (χ1v) is 7.60. The zero-order chi connectivity index (χ0) is 15.4. The largest absolute Gasteiger partial charge is 0.480 e. The number of carboxylic acids is 1. The van der Waals surface area contributed by atoms with Crippen LogP contribution >= 0.6 is 11.6 Å². The average Bonchev–Trinajstić information content (AvgIpc) is 3.22. The minimum Gasteiger partial charge on any atom is -0.480 e. The Morgan fingerprint density at radius 1 is 1.33 bits per heavy atom. The van der Waals surface area contributed by atoms with E-state index in [1.165, 1.54) is 0 Å². The predicted molar refractivity (Wildman–Crippen MR) is 81.2 cm³/mol.